The molecule has 0 rings (SSSR count). The Morgan fingerprint density at radius 1 is 1.18 bits per heavy atom. The third-order valence-electron chi connectivity index (χ3n) is 1.71. The van der Waals surface area contributed by atoms with Crippen LogP contribution in [0, 0.1) is 18.3 Å². The smallest absolute Gasteiger partial charge is 0.355 e. The lowest BCUT2D eigenvalue weighted by molar-refractivity contribution is -0.274. The number of nitrogens with one attached hydrogen (secondary N) is 1. The second-order valence-electron chi connectivity index (χ2n) is 3.11. The quantitative estimate of drug-likeness (QED) is 0.469. The molecule has 0 unspecified atom stereocenters. The van der Waals surface area contributed by atoms with E-state index in [1.807, 2.05) is 0 Å². The van der Waals surface area contributed by atoms with Gasteiger partial charge in [0.2, 0.25) is 11.8 Å². The summed E-state index contributed by atoms with van der Waals surface area (Å²) in [6, 6.07) is 0. The average molecular weight is 261 g/mol. The zero-order chi connectivity index (χ0) is 13.7. The van der Waals surface area contributed by atoms with E-state index in [0.717, 1.165) is 0 Å². The molecule has 0 saturated carbocycles. The highest BCUT2D eigenvalue weighted by molar-refractivity contribution is 5.80. The van der Waals surface area contributed by atoms with Crippen LogP contribution in [0.2, 0.25) is 0 Å². The minimum Gasteiger partial charge on any atom is -0.355 e. The van der Waals surface area contributed by atoms with E-state index in [9.17, 15) is 31.1 Å². The van der Waals surface area contributed by atoms with Crippen molar-refractivity contribution in [2.24, 2.45) is 5.92 Å². The summed E-state index contributed by atoms with van der Waals surface area (Å²) in [5.41, 5.74) is 0. The molecule has 98 valence electrons. The van der Waals surface area contributed by atoms with Gasteiger partial charge in [-0.2, -0.15) is 26.3 Å². The molecule has 0 aliphatic carbocycles. The summed E-state index contributed by atoms with van der Waals surface area (Å²) in [4.78, 5) is 10.8. The van der Waals surface area contributed by atoms with Gasteiger partial charge < -0.3 is 5.32 Å². The highest BCUT2D eigenvalue weighted by atomic mass is 19.4. The highest BCUT2D eigenvalue weighted by Crippen LogP contribution is 2.39. The number of amides is 1. The monoisotopic (exact) mass is 261 g/mol. The Morgan fingerprint density at radius 3 is 2.00 bits per heavy atom. The van der Waals surface area contributed by atoms with Crippen LogP contribution in [-0.2, 0) is 4.79 Å². The Labute approximate surface area is 93.4 Å². The summed E-state index contributed by atoms with van der Waals surface area (Å²) in [5, 5.41) is 1.56. The Kier molecular flexibility index (Phi) is 5.32. The molecule has 0 radical (unpaired) electrons. The summed E-state index contributed by atoms with van der Waals surface area (Å²) >= 11 is 0. The molecule has 2 nitrogen and oxygen atoms in total. The summed E-state index contributed by atoms with van der Waals surface area (Å²) in [6.07, 6.45) is -6.22. The maximum absolute atomic E-state index is 12.0. The van der Waals surface area contributed by atoms with Gasteiger partial charge in [0.15, 0.2) is 0 Å². The van der Waals surface area contributed by atoms with E-state index in [-0.39, 0.29) is 19.4 Å². The van der Waals surface area contributed by atoms with Crippen molar-refractivity contribution in [2.45, 2.75) is 25.2 Å². The molecular weight excluding hydrogens is 252 g/mol. The van der Waals surface area contributed by atoms with Gasteiger partial charge in [-0.15, -0.1) is 12.3 Å². The van der Waals surface area contributed by atoms with Crippen molar-refractivity contribution in [3.05, 3.63) is 0 Å². The van der Waals surface area contributed by atoms with Gasteiger partial charge in [0.1, 0.15) is 0 Å². The molecule has 0 bridgehead atoms. The van der Waals surface area contributed by atoms with E-state index in [0.29, 0.717) is 0 Å². The molecule has 0 aromatic rings. The SMILES string of the molecule is C#CCCCNC(=O)C(C(F)(F)F)C(F)(F)F. The zero-order valence-electron chi connectivity index (χ0n) is 8.45. The first-order valence-electron chi connectivity index (χ1n) is 4.45. The number of rotatable bonds is 4. The number of carbonyl (C=O) groups excluding carboxylic acids is 1. The van der Waals surface area contributed by atoms with E-state index in [1.54, 1.807) is 5.32 Å². The van der Waals surface area contributed by atoms with E-state index >= 15 is 0 Å². The molecule has 0 aromatic heterocycles. The molecule has 0 aromatic carbocycles. The summed E-state index contributed by atoms with van der Waals surface area (Å²) in [6.45, 7) is -0.328. The largest absolute Gasteiger partial charge is 0.409 e. The number of hydrogen-bond donors (Lipinski definition) is 1. The third-order valence-corrected chi connectivity index (χ3v) is 1.71. The standard InChI is InChI=1S/C9H9F6NO/c1-2-3-4-5-16-7(17)6(8(10,11)12)9(13,14)15/h1,6H,3-5H2,(H,16,17). The Bertz CT molecular complexity index is 286. The van der Waals surface area contributed by atoms with E-state index < -0.39 is 24.2 Å². The van der Waals surface area contributed by atoms with Crippen molar-refractivity contribution in [2.75, 3.05) is 6.54 Å². The average Bonchev–Trinajstić information content (AvgIpc) is 2.07. The van der Waals surface area contributed by atoms with Crippen molar-refractivity contribution < 1.29 is 31.1 Å². The van der Waals surface area contributed by atoms with E-state index in [1.165, 1.54) is 0 Å². The lowest BCUT2D eigenvalue weighted by Crippen LogP contribution is -2.48. The van der Waals surface area contributed by atoms with Gasteiger partial charge in [0, 0.05) is 13.0 Å². The first-order valence-corrected chi connectivity index (χ1v) is 4.45. The normalized spacial score (nSPS) is 12.4. The van der Waals surface area contributed by atoms with Crippen LogP contribution in [0.1, 0.15) is 12.8 Å². The number of unbranched alkanes of at least 4 members (excludes halogenated alkanes) is 1. The predicted molar refractivity (Wildman–Crippen MR) is 46.7 cm³/mol. The van der Waals surface area contributed by atoms with Gasteiger partial charge in [-0.1, -0.05) is 0 Å². The number of terminal acetylenes is 1. The van der Waals surface area contributed by atoms with Crippen LogP contribution >= 0.6 is 0 Å². The van der Waals surface area contributed by atoms with Gasteiger partial charge >= 0.3 is 12.4 Å². The number of alkyl halides is 6. The third kappa shape index (κ3) is 5.47. The minimum atomic E-state index is -5.66. The highest BCUT2D eigenvalue weighted by Gasteiger charge is 2.60. The number of halogens is 6. The molecule has 0 aliphatic heterocycles. The Balaban J connectivity index is 4.53. The zero-order valence-corrected chi connectivity index (χ0v) is 8.45. The topological polar surface area (TPSA) is 29.1 Å². The fraction of sp³-hybridized carbons (Fsp3) is 0.667. The predicted octanol–water partition coefficient (Wildman–Crippen LogP) is 2.26. The van der Waals surface area contributed by atoms with Crippen LogP contribution in [0.3, 0.4) is 0 Å². The molecule has 8 heteroatoms. The maximum atomic E-state index is 12.0. The summed E-state index contributed by atoms with van der Waals surface area (Å²) in [5.74, 6) is -3.97. The van der Waals surface area contributed by atoms with E-state index in [2.05, 4.69) is 5.92 Å². The van der Waals surface area contributed by atoms with Crippen LogP contribution in [0.25, 0.3) is 0 Å². The molecule has 0 atom stereocenters. The van der Waals surface area contributed by atoms with Crippen LogP contribution in [-0.4, -0.2) is 24.8 Å². The van der Waals surface area contributed by atoms with Gasteiger partial charge in [0.05, 0.1) is 0 Å². The van der Waals surface area contributed by atoms with Crippen LogP contribution in [0.5, 0.6) is 0 Å². The Hall–Kier alpha value is -1.39. The lowest BCUT2D eigenvalue weighted by Gasteiger charge is -2.21. The molecule has 0 fully saturated rings. The second-order valence-corrected chi connectivity index (χ2v) is 3.11. The maximum Gasteiger partial charge on any atom is 0.409 e. The van der Waals surface area contributed by atoms with Gasteiger partial charge in [-0.25, -0.2) is 0 Å². The molecule has 0 aliphatic rings. The van der Waals surface area contributed by atoms with Crippen molar-refractivity contribution in [1.82, 2.24) is 5.32 Å². The molecular formula is C9H9F6NO. The van der Waals surface area contributed by atoms with Crippen LogP contribution in [0.4, 0.5) is 26.3 Å². The molecule has 0 spiro atoms. The fourth-order valence-corrected chi connectivity index (χ4v) is 0.987. The number of carbonyl (C=O) groups is 1. The van der Waals surface area contributed by atoms with Gasteiger partial charge in [-0.05, 0) is 6.42 Å². The molecule has 1 N–H and O–H groups in total. The molecule has 0 heterocycles. The number of hydrogen-bond acceptors (Lipinski definition) is 1. The fourth-order valence-electron chi connectivity index (χ4n) is 0.987. The second kappa shape index (κ2) is 5.80. The Morgan fingerprint density at radius 2 is 1.65 bits per heavy atom. The molecule has 17 heavy (non-hydrogen) atoms. The van der Waals surface area contributed by atoms with Crippen LogP contribution in [0.15, 0.2) is 0 Å². The van der Waals surface area contributed by atoms with Crippen molar-refractivity contribution in [1.29, 1.82) is 0 Å². The van der Waals surface area contributed by atoms with Crippen LogP contribution < -0.4 is 5.32 Å². The van der Waals surface area contributed by atoms with Crippen molar-refractivity contribution >= 4 is 5.91 Å². The first kappa shape index (κ1) is 15.6. The van der Waals surface area contributed by atoms with Crippen molar-refractivity contribution in [3.63, 3.8) is 0 Å². The first-order chi connectivity index (χ1) is 7.60. The minimum absolute atomic E-state index is 0.116. The lowest BCUT2D eigenvalue weighted by atomic mass is 10.1. The summed E-state index contributed by atoms with van der Waals surface area (Å²) in [7, 11) is 0. The van der Waals surface area contributed by atoms with E-state index in [4.69, 9.17) is 6.42 Å². The molecule has 0 saturated heterocycles. The molecule has 1 amide bonds. The van der Waals surface area contributed by atoms with Gasteiger partial charge in [-0.3, -0.25) is 4.79 Å². The van der Waals surface area contributed by atoms with Crippen molar-refractivity contribution in [3.8, 4) is 12.3 Å². The van der Waals surface area contributed by atoms with Gasteiger partial charge in [0.25, 0.3) is 0 Å². The summed E-state index contributed by atoms with van der Waals surface area (Å²) < 4.78 is 72.2.